The van der Waals surface area contributed by atoms with E-state index in [0.29, 0.717) is 5.41 Å². The molecule has 0 radical (unpaired) electrons. The molecule has 1 spiro atoms. The van der Waals surface area contributed by atoms with Gasteiger partial charge in [0.2, 0.25) is 0 Å². The Balaban J connectivity index is 0.00000113. The first-order valence-electron chi connectivity index (χ1n) is 9.90. The Morgan fingerprint density at radius 3 is 2.19 bits per heavy atom. The SMILES string of the molecule is C=C/C=C1\C(CC=C)OC=C(/C=C\C)C12CCC(C)(C)C2.C=CC.CC. The summed E-state index contributed by atoms with van der Waals surface area (Å²) in [5.41, 5.74) is 3.16. The van der Waals surface area contributed by atoms with E-state index in [1.54, 1.807) is 6.08 Å². The minimum atomic E-state index is 0.100. The average Bonchev–Trinajstić information content (AvgIpc) is 2.93. The fourth-order valence-corrected chi connectivity index (χ4v) is 3.96. The van der Waals surface area contributed by atoms with Gasteiger partial charge in [0, 0.05) is 11.8 Å². The molecule has 0 aromatic carbocycles. The summed E-state index contributed by atoms with van der Waals surface area (Å²) in [7, 11) is 0. The molecule has 2 atom stereocenters. The van der Waals surface area contributed by atoms with Crippen molar-refractivity contribution in [3.05, 3.63) is 73.6 Å². The van der Waals surface area contributed by atoms with Gasteiger partial charge in [-0.15, -0.1) is 13.2 Å². The standard InChI is InChI=1S/C20H28O.C3H6.C2H6/c1-6-9-16-14-21-18(11-8-3)17(10-7-2)20(16)13-12-19(4,5)15-20;1-3-2;1-2/h6-10,14,18H,2-3,11-13,15H2,1,4-5H3;3H,1H2,2H3;1-2H3/b9-6-,17-10+;;. The van der Waals surface area contributed by atoms with Gasteiger partial charge in [-0.25, -0.2) is 0 Å². The van der Waals surface area contributed by atoms with Gasteiger partial charge in [-0.05, 0) is 49.7 Å². The predicted octanol–water partition coefficient (Wildman–Crippen LogP) is 7.95. The van der Waals surface area contributed by atoms with Crippen molar-refractivity contribution in [2.24, 2.45) is 10.8 Å². The Morgan fingerprint density at radius 2 is 1.77 bits per heavy atom. The molecular weight excluding hydrogens is 316 g/mol. The highest BCUT2D eigenvalue weighted by molar-refractivity contribution is 5.43. The summed E-state index contributed by atoms with van der Waals surface area (Å²) >= 11 is 0. The number of rotatable bonds is 4. The first kappa shape index (κ1) is 24.2. The summed E-state index contributed by atoms with van der Waals surface area (Å²) in [4.78, 5) is 0. The Bertz CT molecular complexity index is 545. The van der Waals surface area contributed by atoms with Crippen LogP contribution in [0.25, 0.3) is 0 Å². The van der Waals surface area contributed by atoms with E-state index >= 15 is 0 Å². The van der Waals surface area contributed by atoms with Crippen LogP contribution in [0.1, 0.15) is 67.2 Å². The van der Waals surface area contributed by atoms with E-state index in [2.05, 4.69) is 58.7 Å². The molecule has 26 heavy (non-hydrogen) atoms. The van der Waals surface area contributed by atoms with E-state index in [1.165, 1.54) is 30.4 Å². The van der Waals surface area contributed by atoms with Crippen LogP contribution in [0.5, 0.6) is 0 Å². The third kappa shape index (κ3) is 5.90. The number of allylic oxidation sites excluding steroid dienone is 6. The van der Waals surface area contributed by atoms with E-state index in [-0.39, 0.29) is 11.5 Å². The molecule has 0 aromatic rings. The first-order chi connectivity index (χ1) is 12.4. The lowest BCUT2D eigenvalue weighted by Gasteiger charge is -2.42. The molecule has 1 nitrogen and oxygen atoms in total. The third-order valence-corrected chi connectivity index (χ3v) is 4.84. The van der Waals surface area contributed by atoms with Gasteiger partial charge in [0.1, 0.15) is 6.10 Å². The van der Waals surface area contributed by atoms with Crippen LogP contribution < -0.4 is 0 Å². The second-order valence-corrected chi connectivity index (χ2v) is 7.41. The Labute approximate surface area is 162 Å². The zero-order valence-electron chi connectivity index (χ0n) is 18.0. The molecule has 1 heterocycles. The average molecular weight is 357 g/mol. The van der Waals surface area contributed by atoms with Gasteiger partial charge in [0.25, 0.3) is 0 Å². The van der Waals surface area contributed by atoms with Gasteiger partial charge in [-0.3, -0.25) is 0 Å². The highest BCUT2D eigenvalue weighted by atomic mass is 16.5. The molecule has 1 saturated carbocycles. The van der Waals surface area contributed by atoms with E-state index in [9.17, 15) is 0 Å². The fourth-order valence-electron chi connectivity index (χ4n) is 3.96. The van der Waals surface area contributed by atoms with Crippen LogP contribution in [0.15, 0.2) is 73.6 Å². The normalized spacial score (nSPS) is 27.5. The molecule has 2 rings (SSSR count). The van der Waals surface area contributed by atoms with Gasteiger partial charge >= 0.3 is 0 Å². The van der Waals surface area contributed by atoms with Gasteiger partial charge in [-0.1, -0.05) is 70.7 Å². The monoisotopic (exact) mass is 356 g/mol. The summed E-state index contributed by atoms with van der Waals surface area (Å²) in [5, 5.41) is 0. The predicted molar refractivity (Wildman–Crippen MR) is 118 cm³/mol. The fraction of sp³-hybridized carbons (Fsp3) is 0.520. The lowest BCUT2D eigenvalue weighted by molar-refractivity contribution is 0.126. The molecule has 1 fully saturated rings. The van der Waals surface area contributed by atoms with Crippen LogP contribution in [-0.2, 0) is 4.74 Å². The maximum Gasteiger partial charge on any atom is 0.123 e. The van der Waals surface area contributed by atoms with Gasteiger partial charge in [0.05, 0.1) is 6.26 Å². The van der Waals surface area contributed by atoms with E-state index in [0.717, 1.165) is 6.42 Å². The molecule has 2 aliphatic rings. The van der Waals surface area contributed by atoms with E-state index in [1.807, 2.05) is 39.2 Å². The van der Waals surface area contributed by atoms with Gasteiger partial charge in [0.15, 0.2) is 0 Å². The minimum absolute atomic E-state index is 0.100. The molecule has 2 unspecified atom stereocenters. The van der Waals surface area contributed by atoms with Crippen molar-refractivity contribution < 1.29 is 4.74 Å². The van der Waals surface area contributed by atoms with Crippen LogP contribution in [-0.4, -0.2) is 6.10 Å². The minimum Gasteiger partial charge on any atom is -0.493 e. The lowest BCUT2D eigenvalue weighted by Crippen LogP contribution is -2.35. The maximum absolute atomic E-state index is 6.00. The molecule has 0 aromatic heterocycles. The van der Waals surface area contributed by atoms with Crippen molar-refractivity contribution in [1.82, 2.24) is 0 Å². The Hall–Kier alpha value is -1.76. The van der Waals surface area contributed by atoms with Crippen molar-refractivity contribution in [3.63, 3.8) is 0 Å². The molecule has 146 valence electrons. The number of ether oxygens (including phenoxy) is 1. The third-order valence-electron chi connectivity index (χ3n) is 4.84. The zero-order chi connectivity index (χ0) is 20.2. The van der Waals surface area contributed by atoms with Crippen LogP contribution in [0, 0.1) is 10.8 Å². The Kier molecular flexibility index (Phi) is 11.0. The van der Waals surface area contributed by atoms with Gasteiger partial charge < -0.3 is 4.74 Å². The molecule has 1 heteroatoms. The Morgan fingerprint density at radius 1 is 1.15 bits per heavy atom. The molecule has 0 N–H and O–H groups in total. The smallest absolute Gasteiger partial charge is 0.123 e. The summed E-state index contributed by atoms with van der Waals surface area (Å²) in [6, 6.07) is 0. The zero-order valence-corrected chi connectivity index (χ0v) is 18.0. The summed E-state index contributed by atoms with van der Waals surface area (Å²) in [6.07, 6.45) is 18.6. The van der Waals surface area contributed by atoms with Crippen molar-refractivity contribution in [3.8, 4) is 0 Å². The lowest BCUT2D eigenvalue weighted by atomic mass is 9.67. The molecular formula is C25H40O. The molecule has 1 aliphatic carbocycles. The van der Waals surface area contributed by atoms with Crippen molar-refractivity contribution in [1.29, 1.82) is 0 Å². The number of hydrogen-bond donors (Lipinski definition) is 0. The second-order valence-electron chi connectivity index (χ2n) is 7.41. The van der Waals surface area contributed by atoms with Crippen LogP contribution in [0.2, 0.25) is 0 Å². The molecule has 0 amide bonds. The van der Waals surface area contributed by atoms with Crippen LogP contribution in [0.4, 0.5) is 0 Å². The maximum atomic E-state index is 6.00. The number of hydrogen-bond acceptors (Lipinski definition) is 1. The molecule has 1 aliphatic heterocycles. The molecule has 0 bridgehead atoms. The largest absolute Gasteiger partial charge is 0.493 e. The highest BCUT2D eigenvalue weighted by Crippen LogP contribution is 2.59. The van der Waals surface area contributed by atoms with Crippen LogP contribution >= 0.6 is 0 Å². The van der Waals surface area contributed by atoms with Crippen molar-refractivity contribution >= 4 is 0 Å². The topological polar surface area (TPSA) is 9.23 Å². The van der Waals surface area contributed by atoms with Gasteiger partial charge in [-0.2, -0.15) is 0 Å². The molecule has 0 saturated heterocycles. The quantitative estimate of drug-likeness (QED) is 0.464. The van der Waals surface area contributed by atoms with Crippen molar-refractivity contribution in [2.75, 3.05) is 0 Å². The second kappa shape index (κ2) is 11.8. The summed E-state index contributed by atoms with van der Waals surface area (Å²) in [5.74, 6) is 0. The summed E-state index contributed by atoms with van der Waals surface area (Å²) < 4.78 is 6.00. The van der Waals surface area contributed by atoms with Crippen LogP contribution in [0.3, 0.4) is 0 Å². The highest BCUT2D eigenvalue weighted by Gasteiger charge is 2.50. The summed E-state index contributed by atoms with van der Waals surface area (Å²) in [6.45, 7) is 23.9. The van der Waals surface area contributed by atoms with Crippen molar-refractivity contribution in [2.45, 2.75) is 73.3 Å². The first-order valence-corrected chi connectivity index (χ1v) is 9.90. The van der Waals surface area contributed by atoms with E-state index in [4.69, 9.17) is 4.74 Å². The van der Waals surface area contributed by atoms with E-state index < -0.39 is 0 Å².